The van der Waals surface area contributed by atoms with Gasteiger partial charge in [0.2, 0.25) is 0 Å². The van der Waals surface area contributed by atoms with Gasteiger partial charge in [0.25, 0.3) is 0 Å². The lowest BCUT2D eigenvalue weighted by Crippen LogP contribution is -1.98. The zero-order valence-electron chi connectivity index (χ0n) is 10.6. The lowest BCUT2D eigenvalue weighted by Gasteiger charge is -2.11. The molecule has 2 atom stereocenters. The number of benzene rings is 1. The Morgan fingerprint density at radius 1 is 1.06 bits per heavy atom. The highest BCUT2D eigenvalue weighted by atomic mass is 79.9. The molecule has 2 rings (SSSR count). The quantitative estimate of drug-likeness (QED) is 0.729. The Hall–Kier alpha value is -0.740. The minimum absolute atomic E-state index is 0.331. The molecule has 4 heteroatoms. The summed E-state index contributed by atoms with van der Waals surface area (Å²) >= 11 is 5.36. The summed E-state index contributed by atoms with van der Waals surface area (Å²) < 4.78 is 0. The fourth-order valence-electron chi connectivity index (χ4n) is 1.93. The van der Waals surface area contributed by atoms with Gasteiger partial charge in [-0.15, -0.1) is 10.2 Å². The van der Waals surface area contributed by atoms with Crippen molar-refractivity contribution < 1.29 is 0 Å². The predicted molar refractivity (Wildman–Crippen MR) is 80.4 cm³/mol. The first-order valence-corrected chi connectivity index (χ1v) is 8.01. The van der Waals surface area contributed by atoms with Crippen LogP contribution in [0.3, 0.4) is 0 Å². The third kappa shape index (κ3) is 2.98. The van der Waals surface area contributed by atoms with Gasteiger partial charge < -0.3 is 0 Å². The smallest absolute Gasteiger partial charge is 0.131 e. The Kier molecular flexibility index (Phi) is 4.89. The summed E-state index contributed by atoms with van der Waals surface area (Å²) in [6.45, 7) is 4.35. The van der Waals surface area contributed by atoms with Crippen LogP contribution in [-0.2, 0) is 0 Å². The standard InChI is InChI=1S/C14H17BrN2S/c1-3-11(10-8-6-5-7-9-10)13-16-17-14(18-13)12(15)4-2/h5-9,11-12H,3-4H2,1-2H3. The highest BCUT2D eigenvalue weighted by molar-refractivity contribution is 9.09. The summed E-state index contributed by atoms with van der Waals surface area (Å²) in [6, 6.07) is 10.5. The molecule has 96 valence electrons. The van der Waals surface area contributed by atoms with E-state index in [-0.39, 0.29) is 0 Å². The second-order valence-corrected chi connectivity index (χ2v) is 6.37. The molecule has 2 nitrogen and oxygen atoms in total. The van der Waals surface area contributed by atoms with Crippen LogP contribution >= 0.6 is 27.3 Å². The van der Waals surface area contributed by atoms with Gasteiger partial charge in [-0.05, 0) is 18.4 Å². The lowest BCUT2D eigenvalue weighted by atomic mass is 9.97. The van der Waals surface area contributed by atoms with E-state index in [0.29, 0.717) is 10.7 Å². The Balaban J connectivity index is 2.26. The van der Waals surface area contributed by atoms with Crippen molar-refractivity contribution in [3.05, 3.63) is 45.9 Å². The van der Waals surface area contributed by atoms with Gasteiger partial charge in [-0.2, -0.15) is 0 Å². The van der Waals surface area contributed by atoms with Crippen LogP contribution in [0.4, 0.5) is 0 Å². The van der Waals surface area contributed by atoms with Crippen molar-refractivity contribution in [1.82, 2.24) is 10.2 Å². The fraction of sp³-hybridized carbons (Fsp3) is 0.429. The predicted octanol–water partition coefficient (Wildman–Crippen LogP) is 4.93. The summed E-state index contributed by atoms with van der Waals surface area (Å²) in [7, 11) is 0. The van der Waals surface area contributed by atoms with Crippen molar-refractivity contribution in [3.63, 3.8) is 0 Å². The molecular formula is C14H17BrN2S. The maximum atomic E-state index is 4.37. The van der Waals surface area contributed by atoms with E-state index in [1.54, 1.807) is 11.3 Å². The van der Waals surface area contributed by atoms with E-state index >= 15 is 0 Å². The number of hydrogen-bond donors (Lipinski definition) is 0. The minimum Gasteiger partial charge on any atom is -0.143 e. The minimum atomic E-state index is 0.331. The first kappa shape index (κ1) is 13.7. The van der Waals surface area contributed by atoms with Gasteiger partial charge in [0, 0.05) is 5.92 Å². The molecule has 1 aromatic heterocycles. The van der Waals surface area contributed by atoms with E-state index in [9.17, 15) is 0 Å². The van der Waals surface area contributed by atoms with E-state index in [1.807, 2.05) is 6.07 Å². The second-order valence-electron chi connectivity index (χ2n) is 4.23. The Bertz CT molecular complexity index is 484. The van der Waals surface area contributed by atoms with Crippen molar-refractivity contribution in [3.8, 4) is 0 Å². The Morgan fingerprint density at radius 3 is 2.33 bits per heavy atom. The van der Waals surface area contributed by atoms with E-state index < -0.39 is 0 Å². The van der Waals surface area contributed by atoms with E-state index in [4.69, 9.17) is 0 Å². The van der Waals surface area contributed by atoms with Crippen LogP contribution in [0.2, 0.25) is 0 Å². The van der Waals surface area contributed by atoms with Crippen molar-refractivity contribution in [2.24, 2.45) is 0 Å². The van der Waals surface area contributed by atoms with Crippen LogP contribution in [0.25, 0.3) is 0 Å². The number of rotatable bonds is 5. The second kappa shape index (κ2) is 6.43. The van der Waals surface area contributed by atoms with E-state index in [0.717, 1.165) is 22.9 Å². The van der Waals surface area contributed by atoms with Crippen LogP contribution in [0, 0.1) is 0 Å². The largest absolute Gasteiger partial charge is 0.143 e. The fourth-order valence-corrected chi connectivity index (χ4v) is 3.42. The molecule has 0 saturated heterocycles. The van der Waals surface area contributed by atoms with Crippen LogP contribution in [0.5, 0.6) is 0 Å². The van der Waals surface area contributed by atoms with Gasteiger partial charge in [0.1, 0.15) is 10.0 Å². The number of aromatic nitrogens is 2. The molecule has 0 amide bonds. The Morgan fingerprint density at radius 2 is 1.72 bits per heavy atom. The molecule has 1 heterocycles. The first-order chi connectivity index (χ1) is 8.76. The van der Waals surface area contributed by atoms with E-state index in [2.05, 4.69) is 64.2 Å². The van der Waals surface area contributed by atoms with Gasteiger partial charge in [-0.25, -0.2) is 0 Å². The van der Waals surface area contributed by atoms with E-state index in [1.165, 1.54) is 5.56 Å². The number of hydrogen-bond acceptors (Lipinski definition) is 3. The lowest BCUT2D eigenvalue weighted by molar-refractivity contribution is 0.750. The van der Waals surface area contributed by atoms with Crippen molar-refractivity contribution in [2.75, 3.05) is 0 Å². The Labute approximate surface area is 121 Å². The average Bonchev–Trinajstić information content (AvgIpc) is 2.89. The van der Waals surface area contributed by atoms with Crippen molar-refractivity contribution >= 4 is 27.3 Å². The highest BCUT2D eigenvalue weighted by Crippen LogP contribution is 2.34. The summed E-state index contributed by atoms with van der Waals surface area (Å²) in [4.78, 5) is 0.331. The molecule has 0 aliphatic carbocycles. The zero-order valence-corrected chi connectivity index (χ0v) is 13.0. The molecular weight excluding hydrogens is 308 g/mol. The molecule has 0 saturated carbocycles. The summed E-state index contributed by atoms with van der Waals surface area (Å²) in [5.74, 6) is 0.369. The first-order valence-electron chi connectivity index (χ1n) is 6.28. The summed E-state index contributed by atoms with van der Waals surface area (Å²) in [5, 5.41) is 10.9. The van der Waals surface area contributed by atoms with Crippen LogP contribution in [0.15, 0.2) is 30.3 Å². The third-order valence-electron chi connectivity index (χ3n) is 2.99. The molecule has 18 heavy (non-hydrogen) atoms. The molecule has 2 unspecified atom stereocenters. The molecule has 0 N–H and O–H groups in total. The SMILES string of the molecule is CCC(Br)c1nnc(C(CC)c2ccccc2)s1. The molecule has 0 aliphatic rings. The monoisotopic (exact) mass is 324 g/mol. The van der Waals surface area contributed by atoms with Crippen LogP contribution in [0.1, 0.15) is 53.0 Å². The topological polar surface area (TPSA) is 25.8 Å². The number of halogens is 1. The van der Waals surface area contributed by atoms with Crippen molar-refractivity contribution in [2.45, 2.75) is 37.4 Å². The normalized spacial score (nSPS) is 14.4. The molecule has 0 bridgehead atoms. The van der Waals surface area contributed by atoms with Gasteiger partial charge in [-0.3, -0.25) is 0 Å². The molecule has 1 aromatic carbocycles. The molecule has 2 aromatic rings. The summed E-state index contributed by atoms with van der Waals surface area (Å²) in [6.07, 6.45) is 2.09. The van der Waals surface area contributed by atoms with Crippen molar-refractivity contribution in [1.29, 1.82) is 0 Å². The molecule has 0 aliphatic heterocycles. The maximum absolute atomic E-state index is 4.37. The average molecular weight is 325 g/mol. The molecule has 0 radical (unpaired) electrons. The number of alkyl halides is 1. The zero-order chi connectivity index (χ0) is 13.0. The van der Waals surface area contributed by atoms with Gasteiger partial charge >= 0.3 is 0 Å². The van der Waals surface area contributed by atoms with Crippen LogP contribution < -0.4 is 0 Å². The maximum Gasteiger partial charge on any atom is 0.131 e. The third-order valence-corrected chi connectivity index (χ3v) is 5.53. The van der Waals surface area contributed by atoms with Gasteiger partial charge in [0.05, 0.1) is 4.83 Å². The molecule has 0 fully saturated rings. The molecule has 0 spiro atoms. The van der Waals surface area contributed by atoms with Gasteiger partial charge in [-0.1, -0.05) is 71.4 Å². The van der Waals surface area contributed by atoms with Gasteiger partial charge in [0.15, 0.2) is 0 Å². The van der Waals surface area contributed by atoms with Crippen LogP contribution in [-0.4, -0.2) is 10.2 Å². The number of nitrogens with zero attached hydrogens (tertiary/aromatic N) is 2. The summed E-state index contributed by atoms with van der Waals surface area (Å²) in [5.41, 5.74) is 1.32. The highest BCUT2D eigenvalue weighted by Gasteiger charge is 2.19.